The molecule has 0 rings (SSSR count). The van der Waals surface area contributed by atoms with Crippen LogP contribution in [-0.2, 0) is 0 Å². The smallest absolute Gasteiger partial charge is 0.0322 e. The van der Waals surface area contributed by atoms with Crippen LogP contribution >= 0.6 is 0 Å². The highest BCUT2D eigenvalue weighted by molar-refractivity contribution is 4.82. The van der Waals surface area contributed by atoms with Crippen molar-refractivity contribution in [3.63, 3.8) is 0 Å². The standard InChI is InChI=1S/C16H32/c1-5-8-9-13-16(7-3)14-11-10-12-15(4)6-2/h8-9,15-16H,5-7,10-14H2,1-4H3/b9-8+. The van der Waals surface area contributed by atoms with Crippen LogP contribution in [0.4, 0.5) is 0 Å². The highest BCUT2D eigenvalue weighted by Crippen LogP contribution is 2.20. The van der Waals surface area contributed by atoms with Gasteiger partial charge in [0.2, 0.25) is 0 Å². The Kier molecular flexibility index (Phi) is 11.0. The predicted molar refractivity (Wildman–Crippen MR) is 75.8 cm³/mol. The fourth-order valence-corrected chi connectivity index (χ4v) is 2.07. The molecule has 2 atom stereocenters. The van der Waals surface area contributed by atoms with E-state index in [0.29, 0.717) is 0 Å². The van der Waals surface area contributed by atoms with Crippen LogP contribution in [0.3, 0.4) is 0 Å². The van der Waals surface area contributed by atoms with Gasteiger partial charge in [-0.25, -0.2) is 0 Å². The van der Waals surface area contributed by atoms with Crippen LogP contribution in [0.5, 0.6) is 0 Å². The maximum atomic E-state index is 2.38. The van der Waals surface area contributed by atoms with Gasteiger partial charge in [0.25, 0.3) is 0 Å². The SMILES string of the molecule is CC/C=C/CC(CC)CCCCC(C)CC. The fraction of sp³-hybridized carbons (Fsp3) is 0.875. The number of hydrogen-bond acceptors (Lipinski definition) is 0. The van der Waals surface area contributed by atoms with Crippen molar-refractivity contribution >= 4 is 0 Å². The second-order valence-electron chi connectivity index (χ2n) is 5.19. The Hall–Kier alpha value is -0.260. The second-order valence-corrected chi connectivity index (χ2v) is 5.19. The fourth-order valence-electron chi connectivity index (χ4n) is 2.07. The molecule has 0 aromatic rings. The zero-order valence-electron chi connectivity index (χ0n) is 12.0. The summed E-state index contributed by atoms with van der Waals surface area (Å²) in [6.07, 6.45) is 15.6. The van der Waals surface area contributed by atoms with Gasteiger partial charge in [-0.2, -0.15) is 0 Å². The molecule has 0 heterocycles. The lowest BCUT2D eigenvalue weighted by molar-refractivity contribution is 0.418. The monoisotopic (exact) mass is 224 g/mol. The van der Waals surface area contributed by atoms with E-state index in [2.05, 4.69) is 39.8 Å². The van der Waals surface area contributed by atoms with Crippen molar-refractivity contribution in [1.82, 2.24) is 0 Å². The molecule has 0 fully saturated rings. The van der Waals surface area contributed by atoms with Crippen molar-refractivity contribution in [2.24, 2.45) is 11.8 Å². The van der Waals surface area contributed by atoms with Gasteiger partial charge in [-0.05, 0) is 24.7 Å². The van der Waals surface area contributed by atoms with Crippen LogP contribution in [0.15, 0.2) is 12.2 Å². The van der Waals surface area contributed by atoms with E-state index >= 15 is 0 Å². The zero-order valence-corrected chi connectivity index (χ0v) is 12.0. The first-order valence-electron chi connectivity index (χ1n) is 7.39. The van der Waals surface area contributed by atoms with E-state index in [0.717, 1.165) is 11.8 Å². The van der Waals surface area contributed by atoms with Crippen LogP contribution in [0, 0.1) is 11.8 Å². The molecular weight excluding hydrogens is 192 g/mol. The molecule has 0 aromatic carbocycles. The summed E-state index contributed by atoms with van der Waals surface area (Å²) in [5.74, 6) is 1.86. The molecule has 0 heteroatoms. The molecule has 0 aromatic heterocycles. The molecule has 0 saturated carbocycles. The van der Waals surface area contributed by atoms with Gasteiger partial charge in [-0.1, -0.05) is 78.4 Å². The largest absolute Gasteiger partial charge is 0.0888 e. The molecule has 0 N–H and O–H groups in total. The first kappa shape index (κ1) is 15.7. The molecule has 0 spiro atoms. The van der Waals surface area contributed by atoms with E-state index in [-0.39, 0.29) is 0 Å². The average molecular weight is 224 g/mol. The molecule has 0 saturated heterocycles. The maximum Gasteiger partial charge on any atom is -0.0322 e. The van der Waals surface area contributed by atoms with Crippen molar-refractivity contribution in [3.8, 4) is 0 Å². The first-order chi connectivity index (χ1) is 7.74. The van der Waals surface area contributed by atoms with Crippen LogP contribution in [0.2, 0.25) is 0 Å². The quantitative estimate of drug-likeness (QED) is 0.316. The molecule has 0 bridgehead atoms. The highest BCUT2D eigenvalue weighted by atomic mass is 14.1. The summed E-state index contributed by atoms with van der Waals surface area (Å²) >= 11 is 0. The molecule has 0 aliphatic heterocycles. The summed E-state index contributed by atoms with van der Waals surface area (Å²) in [7, 11) is 0. The van der Waals surface area contributed by atoms with Crippen molar-refractivity contribution in [2.45, 2.75) is 79.1 Å². The summed E-state index contributed by atoms with van der Waals surface area (Å²) in [6, 6.07) is 0. The summed E-state index contributed by atoms with van der Waals surface area (Å²) in [5, 5.41) is 0. The van der Waals surface area contributed by atoms with E-state index in [4.69, 9.17) is 0 Å². The van der Waals surface area contributed by atoms with Crippen LogP contribution < -0.4 is 0 Å². The Morgan fingerprint density at radius 3 is 2.12 bits per heavy atom. The molecule has 0 radical (unpaired) electrons. The van der Waals surface area contributed by atoms with E-state index in [1.54, 1.807) is 0 Å². The van der Waals surface area contributed by atoms with Crippen LogP contribution in [-0.4, -0.2) is 0 Å². The summed E-state index contributed by atoms with van der Waals surface area (Å²) in [4.78, 5) is 0. The third-order valence-corrected chi connectivity index (χ3v) is 3.71. The van der Waals surface area contributed by atoms with Gasteiger partial charge in [0.05, 0.1) is 0 Å². The molecule has 0 amide bonds. The molecule has 0 aliphatic rings. The molecular formula is C16H32. The third kappa shape index (κ3) is 9.00. The van der Waals surface area contributed by atoms with E-state index in [1.807, 2.05) is 0 Å². The summed E-state index contributed by atoms with van der Waals surface area (Å²) in [6.45, 7) is 9.22. The molecule has 16 heavy (non-hydrogen) atoms. The first-order valence-corrected chi connectivity index (χ1v) is 7.39. The van der Waals surface area contributed by atoms with Gasteiger partial charge in [-0.15, -0.1) is 0 Å². The highest BCUT2D eigenvalue weighted by Gasteiger charge is 2.04. The van der Waals surface area contributed by atoms with E-state index in [9.17, 15) is 0 Å². The van der Waals surface area contributed by atoms with E-state index in [1.165, 1.54) is 51.4 Å². The third-order valence-electron chi connectivity index (χ3n) is 3.71. The number of allylic oxidation sites excluding steroid dienone is 2. The van der Waals surface area contributed by atoms with Gasteiger partial charge in [0.15, 0.2) is 0 Å². The van der Waals surface area contributed by atoms with Crippen molar-refractivity contribution < 1.29 is 0 Å². The van der Waals surface area contributed by atoms with Gasteiger partial charge in [0.1, 0.15) is 0 Å². The summed E-state index contributed by atoms with van der Waals surface area (Å²) < 4.78 is 0. The Morgan fingerprint density at radius 2 is 1.56 bits per heavy atom. The number of hydrogen-bond donors (Lipinski definition) is 0. The van der Waals surface area contributed by atoms with Gasteiger partial charge in [-0.3, -0.25) is 0 Å². The topological polar surface area (TPSA) is 0 Å². The lowest BCUT2D eigenvalue weighted by Crippen LogP contribution is -1.98. The van der Waals surface area contributed by atoms with Gasteiger partial charge >= 0.3 is 0 Å². The minimum Gasteiger partial charge on any atom is -0.0888 e. The molecule has 0 aliphatic carbocycles. The van der Waals surface area contributed by atoms with Crippen molar-refractivity contribution in [3.05, 3.63) is 12.2 Å². The van der Waals surface area contributed by atoms with Crippen molar-refractivity contribution in [1.29, 1.82) is 0 Å². The van der Waals surface area contributed by atoms with Crippen LogP contribution in [0.25, 0.3) is 0 Å². The number of unbranched alkanes of at least 4 members (excludes halogenated alkanes) is 1. The molecule has 0 nitrogen and oxygen atoms in total. The van der Waals surface area contributed by atoms with E-state index < -0.39 is 0 Å². The lowest BCUT2D eigenvalue weighted by Gasteiger charge is -2.13. The lowest BCUT2D eigenvalue weighted by atomic mass is 9.93. The Bertz CT molecular complexity index is 157. The predicted octanol–water partition coefficient (Wildman–Crippen LogP) is 5.98. The minimum atomic E-state index is 0.930. The maximum absolute atomic E-state index is 2.38. The van der Waals surface area contributed by atoms with Crippen LogP contribution in [0.1, 0.15) is 79.1 Å². The zero-order chi connectivity index (χ0) is 12.2. The Balaban J connectivity index is 3.51. The Labute approximate surface area is 104 Å². The normalized spacial score (nSPS) is 15.5. The number of rotatable bonds is 10. The molecule has 96 valence electrons. The Morgan fingerprint density at radius 1 is 0.875 bits per heavy atom. The molecule has 2 unspecified atom stereocenters. The van der Waals surface area contributed by atoms with Gasteiger partial charge in [0, 0.05) is 0 Å². The summed E-state index contributed by atoms with van der Waals surface area (Å²) in [5.41, 5.74) is 0. The average Bonchev–Trinajstić information content (AvgIpc) is 2.31. The minimum absolute atomic E-state index is 0.930. The second kappa shape index (κ2) is 11.2. The van der Waals surface area contributed by atoms with Crippen molar-refractivity contribution in [2.75, 3.05) is 0 Å². The van der Waals surface area contributed by atoms with Gasteiger partial charge < -0.3 is 0 Å².